The fourth-order valence-electron chi connectivity index (χ4n) is 3.49. The number of halogens is 1. The van der Waals surface area contributed by atoms with E-state index in [0.29, 0.717) is 6.54 Å². The topological polar surface area (TPSA) is 67.7 Å². The van der Waals surface area contributed by atoms with E-state index < -0.39 is 15.7 Å². The van der Waals surface area contributed by atoms with Crippen molar-refractivity contribution in [1.82, 2.24) is 5.32 Å². The number of benzene rings is 2. The van der Waals surface area contributed by atoms with Gasteiger partial charge in [0.1, 0.15) is 12.4 Å². The molecule has 0 radical (unpaired) electrons. The highest BCUT2D eigenvalue weighted by atomic mass is 32.2. The van der Waals surface area contributed by atoms with Gasteiger partial charge in [0.05, 0.1) is 23.7 Å². The number of hydrogen-bond donors (Lipinski definition) is 2. The van der Waals surface area contributed by atoms with E-state index in [4.69, 9.17) is 0 Å². The lowest BCUT2D eigenvalue weighted by Gasteiger charge is -2.15. The summed E-state index contributed by atoms with van der Waals surface area (Å²) in [5, 5.41) is 2.82. The maximum atomic E-state index is 13.0. The summed E-state index contributed by atoms with van der Waals surface area (Å²) in [7, 11) is -3.61. The molecule has 5 nitrogen and oxygen atoms in total. The van der Waals surface area contributed by atoms with Crippen molar-refractivity contribution < 1.29 is 22.5 Å². The third-order valence-corrected chi connectivity index (χ3v) is 6.85. The fourth-order valence-corrected chi connectivity index (χ4v) is 4.73. The van der Waals surface area contributed by atoms with Crippen LogP contribution in [-0.2, 0) is 27.7 Å². The number of amides is 1. The van der Waals surface area contributed by atoms with E-state index in [9.17, 15) is 17.6 Å². The Labute approximate surface area is 165 Å². The number of nitrogens with one attached hydrogen (secondary N) is 2. The Morgan fingerprint density at radius 3 is 2.32 bits per heavy atom. The minimum atomic E-state index is -3.61. The quantitative estimate of drug-likeness (QED) is 0.654. The highest BCUT2D eigenvalue weighted by Crippen LogP contribution is 2.13. The monoisotopic (exact) mass is 405 g/mol. The zero-order valence-electron chi connectivity index (χ0n) is 15.8. The Balaban J connectivity index is 1.52. The summed E-state index contributed by atoms with van der Waals surface area (Å²) in [4.78, 5) is 13.8. The van der Waals surface area contributed by atoms with Crippen molar-refractivity contribution >= 4 is 15.7 Å². The van der Waals surface area contributed by atoms with Crippen LogP contribution in [0.3, 0.4) is 0 Å². The number of likely N-dealkylation sites (tertiary alicyclic amines) is 1. The van der Waals surface area contributed by atoms with Crippen molar-refractivity contribution in [3.05, 3.63) is 65.5 Å². The lowest BCUT2D eigenvalue weighted by molar-refractivity contribution is -0.901. The third kappa shape index (κ3) is 5.62. The molecule has 0 bridgehead atoms. The van der Waals surface area contributed by atoms with Gasteiger partial charge in [-0.05, 0) is 29.8 Å². The molecule has 1 aliphatic heterocycles. The molecule has 2 aromatic carbocycles. The van der Waals surface area contributed by atoms with Crippen LogP contribution < -0.4 is 10.2 Å². The molecule has 0 saturated carbocycles. The fraction of sp³-hybridized carbons (Fsp3) is 0.381. The Morgan fingerprint density at radius 1 is 1.00 bits per heavy atom. The maximum Gasteiger partial charge on any atom is 0.221 e. The normalized spacial score (nSPS) is 14.9. The summed E-state index contributed by atoms with van der Waals surface area (Å²) >= 11 is 0. The zero-order chi connectivity index (χ0) is 20.0. The molecule has 3 rings (SSSR count). The Kier molecular flexibility index (Phi) is 6.80. The van der Waals surface area contributed by atoms with Crippen molar-refractivity contribution in [3.63, 3.8) is 0 Å². The molecule has 150 valence electrons. The van der Waals surface area contributed by atoms with Gasteiger partial charge in [-0.15, -0.1) is 0 Å². The predicted octanol–water partition coefficient (Wildman–Crippen LogP) is 1.48. The van der Waals surface area contributed by atoms with Crippen LogP contribution in [-0.4, -0.2) is 33.2 Å². The predicted molar refractivity (Wildman–Crippen MR) is 105 cm³/mol. The van der Waals surface area contributed by atoms with Crippen LogP contribution in [0.5, 0.6) is 0 Å². The molecule has 0 aromatic heterocycles. The first-order chi connectivity index (χ1) is 13.4. The Hall–Kier alpha value is -2.25. The highest BCUT2D eigenvalue weighted by Gasteiger charge is 2.18. The molecule has 1 heterocycles. The second kappa shape index (κ2) is 9.30. The van der Waals surface area contributed by atoms with E-state index in [1.165, 1.54) is 43.6 Å². The molecule has 0 spiro atoms. The second-order valence-electron chi connectivity index (χ2n) is 7.20. The molecule has 2 aromatic rings. The molecule has 0 unspecified atom stereocenters. The van der Waals surface area contributed by atoms with Crippen LogP contribution in [0, 0.1) is 5.82 Å². The summed E-state index contributed by atoms with van der Waals surface area (Å²) in [5.41, 5.74) is 2.29. The first-order valence-electron chi connectivity index (χ1n) is 9.59. The lowest BCUT2D eigenvalue weighted by atomic mass is 10.1. The summed E-state index contributed by atoms with van der Waals surface area (Å²) in [6.07, 6.45) is 2.40. The van der Waals surface area contributed by atoms with Crippen LogP contribution >= 0.6 is 0 Å². The summed E-state index contributed by atoms with van der Waals surface area (Å²) in [6, 6.07) is 12.7. The number of sulfone groups is 1. The van der Waals surface area contributed by atoms with Crippen LogP contribution in [0.1, 0.15) is 30.4 Å². The molecular formula is C21H26FN2O3S+. The first-order valence-corrected chi connectivity index (χ1v) is 11.2. The molecule has 1 aliphatic rings. The van der Waals surface area contributed by atoms with E-state index in [0.717, 1.165) is 24.2 Å². The van der Waals surface area contributed by atoms with Gasteiger partial charge < -0.3 is 10.2 Å². The van der Waals surface area contributed by atoms with Crippen molar-refractivity contribution in [3.8, 4) is 0 Å². The minimum Gasteiger partial charge on any atom is -0.352 e. The highest BCUT2D eigenvalue weighted by molar-refractivity contribution is 7.91. The molecule has 7 heteroatoms. The van der Waals surface area contributed by atoms with Crippen LogP contribution in [0.25, 0.3) is 0 Å². The number of carbonyl (C=O) groups is 1. The van der Waals surface area contributed by atoms with Gasteiger partial charge in [-0.25, -0.2) is 12.8 Å². The van der Waals surface area contributed by atoms with Gasteiger partial charge in [0.25, 0.3) is 0 Å². The molecule has 1 fully saturated rings. The second-order valence-corrected chi connectivity index (χ2v) is 9.31. The number of rotatable bonds is 8. The van der Waals surface area contributed by atoms with Gasteiger partial charge in [-0.1, -0.05) is 24.3 Å². The van der Waals surface area contributed by atoms with Crippen LogP contribution in [0.15, 0.2) is 53.4 Å². The van der Waals surface area contributed by atoms with Crippen molar-refractivity contribution in [2.24, 2.45) is 0 Å². The van der Waals surface area contributed by atoms with Gasteiger partial charge in [0.2, 0.25) is 5.91 Å². The standard InChI is InChI=1S/C21H25FN2O3S/c22-19-7-9-20(10-8-19)28(26,27)14-11-21(25)23-15-17-5-1-2-6-18(17)16-24-12-3-4-13-24/h1-2,5-10H,3-4,11-16H2,(H,23,25)/p+1. The minimum absolute atomic E-state index is 0.0284. The molecule has 1 saturated heterocycles. The van der Waals surface area contributed by atoms with E-state index in [1.807, 2.05) is 18.2 Å². The van der Waals surface area contributed by atoms with Gasteiger partial charge in [-0.2, -0.15) is 0 Å². The van der Waals surface area contributed by atoms with E-state index in [-0.39, 0.29) is 23.0 Å². The van der Waals surface area contributed by atoms with Crippen LogP contribution in [0.2, 0.25) is 0 Å². The maximum absolute atomic E-state index is 13.0. The summed E-state index contributed by atoms with van der Waals surface area (Å²) < 4.78 is 37.5. The third-order valence-electron chi connectivity index (χ3n) is 5.12. The SMILES string of the molecule is O=C(CCS(=O)(=O)c1ccc(F)cc1)NCc1ccccc1C[NH+]1CCCC1. The van der Waals surface area contributed by atoms with E-state index >= 15 is 0 Å². The summed E-state index contributed by atoms with van der Waals surface area (Å²) in [6.45, 7) is 3.70. The van der Waals surface area contributed by atoms with Gasteiger partial charge in [0.15, 0.2) is 9.84 Å². The summed E-state index contributed by atoms with van der Waals surface area (Å²) in [5.74, 6) is -1.11. The Bertz CT molecular complexity index is 908. The van der Waals surface area contributed by atoms with E-state index in [2.05, 4.69) is 11.4 Å². The first kappa shape index (κ1) is 20.5. The average Bonchev–Trinajstić information content (AvgIpc) is 3.19. The number of quaternary nitrogens is 1. The van der Waals surface area contributed by atoms with Gasteiger partial charge in [-0.3, -0.25) is 4.79 Å². The zero-order valence-corrected chi connectivity index (χ0v) is 16.6. The number of carbonyl (C=O) groups excluding carboxylic acids is 1. The van der Waals surface area contributed by atoms with Crippen molar-refractivity contribution in [1.29, 1.82) is 0 Å². The number of hydrogen-bond acceptors (Lipinski definition) is 3. The average molecular weight is 406 g/mol. The molecule has 0 atom stereocenters. The molecular weight excluding hydrogens is 379 g/mol. The van der Waals surface area contributed by atoms with E-state index in [1.54, 1.807) is 4.90 Å². The molecule has 2 N–H and O–H groups in total. The molecule has 1 amide bonds. The largest absolute Gasteiger partial charge is 0.352 e. The Morgan fingerprint density at radius 2 is 1.64 bits per heavy atom. The van der Waals surface area contributed by atoms with Crippen molar-refractivity contribution in [2.75, 3.05) is 18.8 Å². The van der Waals surface area contributed by atoms with Gasteiger partial charge >= 0.3 is 0 Å². The lowest BCUT2D eigenvalue weighted by Crippen LogP contribution is -3.08. The molecule has 28 heavy (non-hydrogen) atoms. The van der Waals surface area contributed by atoms with Crippen LogP contribution in [0.4, 0.5) is 4.39 Å². The van der Waals surface area contributed by atoms with Crippen molar-refractivity contribution in [2.45, 2.75) is 37.2 Å². The molecule has 0 aliphatic carbocycles. The smallest absolute Gasteiger partial charge is 0.221 e. The van der Waals surface area contributed by atoms with Gasteiger partial charge in [0, 0.05) is 31.4 Å².